The summed E-state index contributed by atoms with van der Waals surface area (Å²) in [6.45, 7) is 0. The molecule has 0 unspecified atom stereocenters. The van der Waals surface area contributed by atoms with Crippen LogP contribution in [0.2, 0.25) is 0 Å². The number of benzene rings is 1. The maximum Gasteiger partial charge on any atom is 0.269 e. The van der Waals surface area contributed by atoms with Gasteiger partial charge in [-0.3, -0.25) is 10.1 Å². The smallest absolute Gasteiger partial charge is 0.258 e. The van der Waals surface area contributed by atoms with Gasteiger partial charge in [0.25, 0.3) is 5.69 Å². The minimum atomic E-state index is -3.47. The van der Waals surface area contributed by atoms with Crippen LogP contribution in [-0.4, -0.2) is 19.1 Å². The number of hydrogen-bond acceptors (Lipinski definition) is 4. The first-order valence-electron chi connectivity index (χ1n) is 5.91. The van der Waals surface area contributed by atoms with Crippen molar-refractivity contribution in [3.05, 3.63) is 39.9 Å². The van der Waals surface area contributed by atoms with Crippen LogP contribution in [0.15, 0.2) is 24.3 Å². The molecule has 102 valence electrons. The summed E-state index contributed by atoms with van der Waals surface area (Å²) < 4.78 is 22.2. The summed E-state index contributed by atoms with van der Waals surface area (Å²) in [6.07, 6.45) is 2.27. The van der Waals surface area contributed by atoms with Gasteiger partial charge >= 0.3 is 0 Å². The first-order chi connectivity index (χ1) is 8.74. The van der Waals surface area contributed by atoms with Gasteiger partial charge in [0.2, 0.25) is 9.05 Å². The molecule has 1 aromatic carbocycles. The van der Waals surface area contributed by atoms with Crippen LogP contribution < -0.4 is 0 Å². The number of nitrogens with zero attached hydrogens (tertiary/aromatic N) is 1. The molecule has 1 aromatic rings. The average Bonchev–Trinajstić information content (AvgIpc) is 2.20. The zero-order valence-electron chi connectivity index (χ0n) is 10.0. The van der Waals surface area contributed by atoms with Crippen molar-refractivity contribution in [2.45, 2.75) is 24.7 Å². The van der Waals surface area contributed by atoms with Gasteiger partial charge < -0.3 is 0 Å². The third-order valence-corrected chi connectivity index (χ3v) is 5.57. The van der Waals surface area contributed by atoms with E-state index in [0.717, 1.165) is 24.8 Å². The fraction of sp³-hybridized carbons (Fsp3) is 0.500. The Morgan fingerprint density at radius 1 is 1.32 bits per heavy atom. The van der Waals surface area contributed by atoms with Gasteiger partial charge in [-0.15, -0.1) is 0 Å². The van der Waals surface area contributed by atoms with E-state index in [1.807, 2.05) is 6.07 Å². The van der Waals surface area contributed by atoms with E-state index in [-0.39, 0.29) is 22.3 Å². The Bertz CT molecular complexity index is 650. The maximum atomic E-state index is 11.1. The fourth-order valence-electron chi connectivity index (χ4n) is 3.77. The molecule has 0 aliphatic heterocycles. The van der Waals surface area contributed by atoms with Crippen LogP contribution in [0.3, 0.4) is 0 Å². The number of non-ortho nitro benzene ring substituents is 1. The number of rotatable bonds is 4. The van der Waals surface area contributed by atoms with E-state index in [1.54, 1.807) is 12.1 Å². The predicted octanol–water partition coefficient (Wildman–Crippen LogP) is 2.59. The summed E-state index contributed by atoms with van der Waals surface area (Å²) in [5, 5.41) is 10.8. The van der Waals surface area contributed by atoms with Crippen molar-refractivity contribution >= 4 is 25.4 Å². The van der Waals surface area contributed by atoms with Gasteiger partial charge in [0.1, 0.15) is 0 Å². The lowest BCUT2D eigenvalue weighted by atomic mass is 9.34. The van der Waals surface area contributed by atoms with Crippen LogP contribution in [0.5, 0.6) is 0 Å². The molecule has 0 radical (unpaired) electrons. The molecule has 4 rings (SSSR count). The van der Waals surface area contributed by atoms with Crippen molar-refractivity contribution < 1.29 is 13.3 Å². The highest BCUT2D eigenvalue weighted by atomic mass is 35.7. The highest BCUT2D eigenvalue weighted by molar-refractivity contribution is 8.13. The Kier molecular flexibility index (Phi) is 2.51. The van der Waals surface area contributed by atoms with Crippen molar-refractivity contribution in [1.29, 1.82) is 0 Å². The highest BCUT2D eigenvalue weighted by Gasteiger charge is 2.69. The summed E-state index contributed by atoms with van der Waals surface area (Å²) in [5.74, 6) is 0.0121. The second kappa shape index (κ2) is 3.70. The Morgan fingerprint density at radius 2 is 1.95 bits per heavy atom. The molecule has 0 amide bonds. The van der Waals surface area contributed by atoms with E-state index in [0.29, 0.717) is 0 Å². The van der Waals surface area contributed by atoms with E-state index in [2.05, 4.69) is 0 Å². The van der Waals surface area contributed by atoms with E-state index in [9.17, 15) is 18.5 Å². The summed E-state index contributed by atoms with van der Waals surface area (Å²) in [7, 11) is 1.82. The molecule has 3 aliphatic rings. The Balaban J connectivity index is 1.78. The normalized spacial score (nSPS) is 32.3. The van der Waals surface area contributed by atoms with Gasteiger partial charge in [-0.25, -0.2) is 8.42 Å². The van der Waals surface area contributed by atoms with Crippen molar-refractivity contribution in [2.75, 3.05) is 5.75 Å². The Hall–Kier alpha value is -1.14. The molecule has 0 atom stereocenters. The monoisotopic (exact) mass is 301 g/mol. The molecule has 0 saturated heterocycles. The number of hydrogen-bond donors (Lipinski definition) is 0. The van der Waals surface area contributed by atoms with Crippen molar-refractivity contribution in [3.8, 4) is 0 Å². The lowest BCUT2D eigenvalue weighted by molar-refractivity contribution is -0.385. The number of nitro benzene ring substituents is 1. The largest absolute Gasteiger partial charge is 0.269 e. The van der Waals surface area contributed by atoms with E-state index in [4.69, 9.17) is 10.7 Å². The number of nitro groups is 1. The van der Waals surface area contributed by atoms with Gasteiger partial charge in [-0.2, -0.15) is 0 Å². The SMILES string of the molecule is O=[N+]([O-])c1cccc(C23CC(CS(=O)(=O)Cl)(C2)C3)c1. The summed E-state index contributed by atoms with van der Waals surface area (Å²) in [6, 6.07) is 6.62. The van der Waals surface area contributed by atoms with E-state index in [1.165, 1.54) is 6.07 Å². The molecule has 5 nitrogen and oxygen atoms in total. The summed E-state index contributed by atoms with van der Waals surface area (Å²) in [5.41, 5.74) is 0.774. The van der Waals surface area contributed by atoms with Gasteiger partial charge in [-0.1, -0.05) is 12.1 Å². The minimum Gasteiger partial charge on any atom is -0.258 e. The molecule has 0 N–H and O–H groups in total. The van der Waals surface area contributed by atoms with Crippen LogP contribution in [0.25, 0.3) is 0 Å². The third kappa shape index (κ3) is 2.03. The van der Waals surface area contributed by atoms with Crippen LogP contribution in [-0.2, 0) is 14.5 Å². The Labute approximate surface area is 115 Å². The second-order valence-electron chi connectivity index (χ2n) is 5.80. The average molecular weight is 302 g/mol. The van der Waals surface area contributed by atoms with Crippen LogP contribution in [0, 0.1) is 15.5 Å². The molecule has 3 aliphatic carbocycles. The van der Waals surface area contributed by atoms with E-state index >= 15 is 0 Å². The number of halogens is 1. The van der Waals surface area contributed by atoms with E-state index < -0.39 is 14.0 Å². The zero-order valence-corrected chi connectivity index (χ0v) is 11.6. The first-order valence-corrected chi connectivity index (χ1v) is 8.39. The second-order valence-corrected chi connectivity index (χ2v) is 8.58. The highest BCUT2D eigenvalue weighted by Crippen LogP contribution is 2.74. The molecular formula is C12H12ClNO4S. The molecule has 2 bridgehead atoms. The van der Waals surface area contributed by atoms with Crippen LogP contribution >= 0.6 is 10.7 Å². The summed E-state index contributed by atoms with van der Waals surface area (Å²) >= 11 is 0. The topological polar surface area (TPSA) is 77.3 Å². The van der Waals surface area contributed by atoms with Crippen LogP contribution in [0.4, 0.5) is 5.69 Å². The minimum absolute atomic E-state index is 0.0121. The predicted molar refractivity (Wildman–Crippen MR) is 70.7 cm³/mol. The van der Waals surface area contributed by atoms with Crippen molar-refractivity contribution in [3.63, 3.8) is 0 Å². The first kappa shape index (κ1) is 12.9. The third-order valence-electron chi connectivity index (χ3n) is 4.29. The molecule has 19 heavy (non-hydrogen) atoms. The molecule has 3 fully saturated rings. The molecule has 0 spiro atoms. The zero-order chi connectivity index (χ0) is 13.9. The fourth-order valence-corrected chi connectivity index (χ4v) is 5.50. The lowest BCUT2D eigenvalue weighted by Crippen LogP contribution is -2.66. The van der Waals surface area contributed by atoms with Crippen molar-refractivity contribution in [1.82, 2.24) is 0 Å². The Morgan fingerprint density at radius 3 is 2.47 bits per heavy atom. The molecule has 0 aromatic heterocycles. The standard InChI is InChI=1S/C12H12ClNO4S/c13-19(17,18)8-11-5-12(6-11,7-11)9-2-1-3-10(4-9)14(15)16/h1-4H,5-8H2. The summed E-state index contributed by atoms with van der Waals surface area (Å²) in [4.78, 5) is 10.3. The molecule has 7 heteroatoms. The molecule has 3 saturated carbocycles. The van der Waals surface area contributed by atoms with Gasteiger partial charge in [-0.05, 0) is 35.7 Å². The molecule has 0 heterocycles. The van der Waals surface area contributed by atoms with Crippen LogP contribution in [0.1, 0.15) is 24.8 Å². The van der Waals surface area contributed by atoms with Gasteiger partial charge in [0, 0.05) is 22.8 Å². The quantitative estimate of drug-likeness (QED) is 0.486. The van der Waals surface area contributed by atoms with Crippen molar-refractivity contribution in [2.24, 2.45) is 5.41 Å². The van der Waals surface area contributed by atoms with Gasteiger partial charge in [0.05, 0.1) is 10.7 Å². The van der Waals surface area contributed by atoms with Gasteiger partial charge in [0.15, 0.2) is 0 Å². The lowest BCUT2D eigenvalue weighted by Gasteiger charge is -2.71. The maximum absolute atomic E-state index is 11.1. The molecular weight excluding hydrogens is 290 g/mol.